The van der Waals surface area contributed by atoms with E-state index in [1.165, 1.54) is 25.7 Å². The highest BCUT2D eigenvalue weighted by atomic mass is 16.3. The number of fused-ring (bicyclic) bond motifs is 4. The topological polar surface area (TPSA) is 20.2 Å². The summed E-state index contributed by atoms with van der Waals surface area (Å²) >= 11 is 0. The molecule has 1 fully saturated rings. The van der Waals surface area contributed by atoms with E-state index in [0.717, 1.165) is 24.7 Å². The predicted octanol–water partition coefficient (Wildman–Crippen LogP) is 2.26. The molecule has 1 nitrogen and oxygen atoms in total. The van der Waals surface area contributed by atoms with Gasteiger partial charge in [-0.15, -0.1) is 0 Å². The second kappa shape index (κ2) is 2.35. The molecule has 1 N–H and O–H groups in total. The molecule has 1 saturated carbocycles. The third-order valence-electron chi connectivity index (χ3n) is 4.03. The van der Waals surface area contributed by atoms with E-state index >= 15 is 0 Å². The van der Waals surface area contributed by atoms with E-state index in [9.17, 15) is 5.11 Å². The standard InChI is InChI=1S/C11H16O/c12-9-3-4-10-7-1-2-8(5-7)11(10)6-9/h7-9,12H,1-6H2. The average Bonchev–Trinajstić information content (AvgIpc) is 2.63. The van der Waals surface area contributed by atoms with Crippen molar-refractivity contribution in [2.24, 2.45) is 11.8 Å². The van der Waals surface area contributed by atoms with Gasteiger partial charge in [-0.2, -0.15) is 0 Å². The van der Waals surface area contributed by atoms with E-state index in [0.29, 0.717) is 0 Å². The molecule has 0 saturated heterocycles. The summed E-state index contributed by atoms with van der Waals surface area (Å²) in [6.07, 6.45) is 7.52. The quantitative estimate of drug-likeness (QED) is 0.544. The summed E-state index contributed by atoms with van der Waals surface area (Å²) in [5.41, 5.74) is 3.43. The predicted molar refractivity (Wildman–Crippen MR) is 47.7 cm³/mol. The average molecular weight is 164 g/mol. The van der Waals surface area contributed by atoms with Crippen LogP contribution in [0.3, 0.4) is 0 Å². The van der Waals surface area contributed by atoms with E-state index in [1.54, 1.807) is 11.1 Å². The number of allylic oxidation sites excluding steroid dienone is 1. The largest absolute Gasteiger partial charge is 0.393 e. The van der Waals surface area contributed by atoms with Crippen LogP contribution < -0.4 is 0 Å². The first-order valence-corrected chi connectivity index (χ1v) is 5.24. The van der Waals surface area contributed by atoms with Gasteiger partial charge < -0.3 is 5.11 Å². The number of hydrogen-bond donors (Lipinski definition) is 1. The number of aliphatic hydroxyl groups excluding tert-OH is 1. The summed E-state index contributed by atoms with van der Waals surface area (Å²) in [6, 6.07) is 0. The first kappa shape index (κ1) is 7.14. The maximum atomic E-state index is 9.55. The fraction of sp³-hybridized carbons (Fsp3) is 0.818. The number of rotatable bonds is 0. The molecule has 0 aliphatic heterocycles. The van der Waals surface area contributed by atoms with Crippen LogP contribution in [0.2, 0.25) is 0 Å². The Balaban J connectivity index is 1.95. The molecular formula is C11H16O. The summed E-state index contributed by atoms with van der Waals surface area (Å²) in [7, 11) is 0. The van der Waals surface area contributed by atoms with Crippen LogP contribution in [-0.4, -0.2) is 11.2 Å². The van der Waals surface area contributed by atoms with Crippen LogP contribution in [0.4, 0.5) is 0 Å². The Morgan fingerprint density at radius 3 is 2.58 bits per heavy atom. The Bertz CT molecular complexity index is 241. The Morgan fingerprint density at radius 2 is 1.75 bits per heavy atom. The molecule has 2 bridgehead atoms. The van der Waals surface area contributed by atoms with E-state index in [2.05, 4.69) is 0 Å². The van der Waals surface area contributed by atoms with Gasteiger partial charge in [-0.3, -0.25) is 0 Å². The van der Waals surface area contributed by atoms with Gasteiger partial charge in [0.2, 0.25) is 0 Å². The van der Waals surface area contributed by atoms with Gasteiger partial charge in [-0.05, 0) is 50.4 Å². The monoisotopic (exact) mass is 164 g/mol. The first-order valence-electron chi connectivity index (χ1n) is 5.24. The van der Waals surface area contributed by atoms with Gasteiger partial charge in [-0.25, -0.2) is 0 Å². The van der Waals surface area contributed by atoms with Crippen molar-refractivity contribution in [1.29, 1.82) is 0 Å². The van der Waals surface area contributed by atoms with Gasteiger partial charge in [0.15, 0.2) is 0 Å². The summed E-state index contributed by atoms with van der Waals surface area (Å²) in [4.78, 5) is 0. The van der Waals surface area contributed by atoms with Crippen LogP contribution in [0, 0.1) is 11.8 Å². The van der Waals surface area contributed by atoms with Gasteiger partial charge >= 0.3 is 0 Å². The van der Waals surface area contributed by atoms with Crippen LogP contribution in [0.15, 0.2) is 11.1 Å². The van der Waals surface area contributed by atoms with Crippen molar-refractivity contribution in [2.75, 3.05) is 0 Å². The summed E-state index contributed by atoms with van der Waals surface area (Å²) in [6.45, 7) is 0. The zero-order valence-corrected chi connectivity index (χ0v) is 7.42. The number of aliphatic hydroxyl groups is 1. The van der Waals surface area contributed by atoms with E-state index in [4.69, 9.17) is 0 Å². The molecule has 0 heterocycles. The molecule has 3 atom stereocenters. The highest BCUT2D eigenvalue weighted by Crippen LogP contribution is 2.53. The van der Waals surface area contributed by atoms with Gasteiger partial charge in [0, 0.05) is 0 Å². The molecule has 0 aromatic carbocycles. The molecule has 3 aliphatic carbocycles. The lowest BCUT2D eigenvalue weighted by molar-refractivity contribution is 0.154. The van der Waals surface area contributed by atoms with E-state index < -0.39 is 0 Å². The van der Waals surface area contributed by atoms with Crippen LogP contribution in [0.25, 0.3) is 0 Å². The minimum Gasteiger partial charge on any atom is -0.393 e. The molecule has 0 aromatic rings. The van der Waals surface area contributed by atoms with Crippen molar-refractivity contribution >= 4 is 0 Å². The van der Waals surface area contributed by atoms with Crippen molar-refractivity contribution in [3.05, 3.63) is 11.1 Å². The molecule has 0 radical (unpaired) electrons. The SMILES string of the molecule is OC1CCC2=C(C1)C1CCC2C1. The zero-order valence-electron chi connectivity index (χ0n) is 7.42. The minimum atomic E-state index is -0.0110. The van der Waals surface area contributed by atoms with Crippen LogP contribution in [0.1, 0.15) is 38.5 Å². The van der Waals surface area contributed by atoms with Crippen molar-refractivity contribution in [3.63, 3.8) is 0 Å². The van der Waals surface area contributed by atoms with Crippen molar-refractivity contribution in [1.82, 2.24) is 0 Å². The van der Waals surface area contributed by atoms with E-state index in [-0.39, 0.29) is 6.10 Å². The third-order valence-corrected chi connectivity index (χ3v) is 4.03. The fourth-order valence-electron chi connectivity index (χ4n) is 3.48. The summed E-state index contributed by atoms with van der Waals surface area (Å²) in [5.74, 6) is 1.83. The van der Waals surface area contributed by atoms with E-state index in [1.807, 2.05) is 0 Å². The van der Waals surface area contributed by atoms with Gasteiger partial charge in [0.25, 0.3) is 0 Å². The molecule has 3 aliphatic rings. The molecule has 3 rings (SSSR count). The molecule has 0 aromatic heterocycles. The van der Waals surface area contributed by atoms with Crippen LogP contribution in [-0.2, 0) is 0 Å². The smallest absolute Gasteiger partial charge is 0.0580 e. The Hall–Kier alpha value is -0.300. The van der Waals surface area contributed by atoms with Gasteiger partial charge in [0.05, 0.1) is 6.10 Å². The lowest BCUT2D eigenvalue weighted by Crippen LogP contribution is -2.18. The Labute approximate surface area is 73.5 Å². The third kappa shape index (κ3) is 0.832. The molecule has 0 amide bonds. The molecule has 3 unspecified atom stereocenters. The molecule has 0 spiro atoms. The maximum absolute atomic E-state index is 9.55. The molecule has 12 heavy (non-hydrogen) atoms. The van der Waals surface area contributed by atoms with Gasteiger partial charge in [0.1, 0.15) is 0 Å². The Kier molecular flexibility index (Phi) is 1.40. The van der Waals surface area contributed by atoms with Crippen molar-refractivity contribution < 1.29 is 5.11 Å². The Morgan fingerprint density at radius 1 is 1.00 bits per heavy atom. The fourth-order valence-corrected chi connectivity index (χ4v) is 3.48. The first-order chi connectivity index (χ1) is 5.84. The normalized spacial score (nSPS) is 45.2. The summed E-state index contributed by atoms with van der Waals surface area (Å²) in [5, 5.41) is 9.55. The lowest BCUT2D eigenvalue weighted by Gasteiger charge is -2.27. The van der Waals surface area contributed by atoms with Crippen molar-refractivity contribution in [2.45, 2.75) is 44.6 Å². The number of hydrogen-bond acceptors (Lipinski definition) is 1. The van der Waals surface area contributed by atoms with Crippen molar-refractivity contribution in [3.8, 4) is 0 Å². The molecular weight excluding hydrogens is 148 g/mol. The second-order valence-corrected chi connectivity index (χ2v) is 4.65. The molecule has 1 heteroatoms. The maximum Gasteiger partial charge on any atom is 0.0580 e. The highest BCUT2D eigenvalue weighted by molar-refractivity contribution is 5.31. The summed E-state index contributed by atoms with van der Waals surface area (Å²) < 4.78 is 0. The minimum absolute atomic E-state index is 0.0110. The lowest BCUT2D eigenvalue weighted by atomic mass is 9.81. The highest BCUT2D eigenvalue weighted by Gasteiger charge is 2.40. The van der Waals surface area contributed by atoms with Crippen LogP contribution in [0.5, 0.6) is 0 Å². The zero-order chi connectivity index (χ0) is 8.13. The van der Waals surface area contributed by atoms with Gasteiger partial charge in [-0.1, -0.05) is 11.1 Å². The second-order valence-electron chi connectivity index (χ2n) is 4.65. The van der Waals surface area contributed by atoms with Crippen LogP contribution >= 0.6 is 0 Å². The molecule has 66 valence electrons.